The minimum Gasteiger partial charge on any atom is -0.493 e. The van der Waals surface area contributed by atoms with Crippen LogP contribution in [0.1, 0.15) is 47.4 Å². The average molecular weight is 445 g/mol. The van der Waals surface area contributed by atoms with Crippen molar-refractivity contribution < 1.29 is 19.1 Å². The Labute approximate surface area is 188 Å². The largest absolute Gasteiger partial charge is 0.493 e. The zero-order chi connectivity index (χ0) is 22.4. The number of hydrogen-bond acceptors (Lipinski definition) is 4. The Morgan fingerprint density at radius 2 is 1.81 bits per heavy atom. The number of rotatable bonds is 7. The molecular weight excluding hydrogens is 416 g/mol. The Kier molecular flexibility index (Phi) is 7.80. The van der Waals surface area contributed by atoms with Crippen LogP contribution in [0, 0.1) is 5.92 Å². The van der Waals surface area contributed by atoms with Gasteiger partial charge in [-0.25, -0.2) is 0 Å². The zero-order valence-electron chi connectivity index (χ0n) is 18.2. The van der Waals surface area contributed by atoms with Gasteiger partial charge in [0, 0.05) is 30.3 Å². The van der Waals surface area contributed by atoms with E-state index in [1.165, 1.54) is 7.11 Å². The van der Waals surface area contributed by atoms with E-state index in [2.05, 4.69) is 5.32 Å². The number of benzene rings is 2. The number of carbonyl (C=O) groups is 2. The highest BCUT2D eigenvalue weighted by Gasteiger charge is 2.26. The Hall–Kier alpha value is -2.73. The quantitative estimate of drug-likeness (QED) is 0.686. The van der Waals surface area contributed by atoms with Gasteiger partial charge in [-0.2, -0.15) is 0 Å². The van der Waals surface area contributed by atoms with Crippen LogP contribution in [0.5, 0.6) is 11.5 Å². The lowest BCUT2D eigenvalue weighted by molar-refractivity contribution is 0.0697. The van der Waals surface area contributed by atoms with E-state index < -0.39 is 0 Å². The molecule has 2 amide bonds. The number of nitrogens with zero attached hydrogens (tertiary/aromatic N) is 1. The molecule has 0 atom stereocenters. The van der Waals surface area contributed by atoms with Crippen LogP contribution in [0.15, 0.2) is 42.5 Å². The third kappa shape index (κ3) is 5.91. The van der Waals surface area contributed by atoms with Gasteiger partial charge in [0.05, 0.1) is 18.7 Å². The van der Waals surface area contributed by atoms with Crippen molar-refractivity contribution in [2.45, 2.75) is 32.7 Å². The van der Waals surface area contributed by atoms with Crippen molar-refractivity contribution in [3.05, 3.63) is 58.6 Å². The van der Waals surface area contributed by atoms with Crippen LogP contribution in [0.25, 0.3) is 0 Å². The molecule has 2 aromatic rings. The second kappa shape index (κ2) is 10.5. The lowest BCUT2D eigenvalue weighted by atomic mass is 10.0. The van der Waals surface area contributed by atoms with Gasteiger partial charge >= 0.3 is 0 Å². The number of likely N-dealkylation sites (tertiary alicyclic amines) is 1. The van der Waals surface area contributed by atoms with Crippen LogP contribution in [0.4, 0.5) is 0 Å². The van der Waals surface area contributed by atoms with Crippen molar-refractivity contribution in [2.75, 3.05) is 26.8 Å². The molecule has 0 unspecified atom stereocenters. The molecule has 1 N–H and O–H groups in total. The summed E-state index contributed by atoms with van der Waals surface area (Å²) in [5.41, 5.74) is 1.10. The molecule has 3 rings (SSSR count). The van der Waals surface area contributed by atoms with Crippen LogP contribution in [0.2, 0.25) is 5.02 Å². The van der Waals surface area contributed by atoms with Crippen LogP contribution in [-0.2, 0) is 0 Å². The summed E-state index contributed by atoms with van der Waals surface area (Å²) in [6, 6.07) is 12.5. The minimum absolute atomic E-state index is 0.0432. The van der Waals surface area contributed by atoms with Crippen LogP contribution in [-0.4, -0.2) is 49.6 Å². The molecule has 0 aliphatic carbocycles. The predicted molar refractivity (Wildman–Crippen MR) is 121 cm³/mol. The molecule has 1 aliphatic rings. The van der Waals surface area contributed by atoms with Gasteiger partial charge in [0.1, 0.15) is 0 Å². The maximum Gasteiger partial charge on any atom is 0.254 e. The lowest BCUT2D eigenvalue weighted by Gasteiger charge is -2.32. The first kappa shape index (κ1) is 22.9. The minimum atomic E-state index is -0.108. The highest BCUT2D eigenvalue weighted by molar-refractivity contribution is 6.32. The molecule has 0 bridgehead atoms. The molecule has 0 saturated carbocycles. The number of carbonyl (C=O) groups excluding carboxylic acids is 2. The molecule has 1 heterocycles. The number of amides is 2. The monoisotopic (exact) mass is 444 g/mol. The second-order valence-electron chi connectivity index (χ2n) is 8.10. The highest BCUT2D eigenvalue weighted by Crippen LogP contribution is 2.37. The number of hydrogen-bond donors (Lipinski definition) is 1. The summed E-state index contributed by atoms with van der Waals surface area (Å²) in [7, 11) is 1.53. The summed E-state index contributed by atoms with van der Waals surface area (Å²) >= 11 is 6.40. The highest BCUT2D eigenvalue weighted by atomic mass is 35.5. The van der Waals surface area contributed by atoms with E-state index in [4.69, 9.17) is 21.1 Å². The standard InChI is InChI=1S/C24H29ClN2O4/c1-16(2)15-31-22-20(25)13-18(14-21(22)30-3)24(29)27-11-9-19(10-12-27)26-23(28)17-7-5-4-6-8-17/h4-8,13-14,16,19H,9-12,15H2,1-3H3,(H,26,28). The van der Waals surface area contributed by atoms with E-state index in [9.17, 15) is 9.59 Å². The fourth-order valence-corrected chi connectivity index (χ4v) is 3.77. The van der Waals surface area contributed by atoms with Gasteiger partial charge in [-0.1, -0.05) is 43.6 Å². The van der Waals surface area contributed by atoms with E-state index in [-0.39, 0.29) is 17.9 Å². The summed E-state index contributed by atoms with van der Waals surface area (Å²) in [5, 5.41) is 3.41. The van der Waals surface area contributed by atoms with Gasteiger partial charge < -0.3 is 19.7 Å². The van der Waals surface area contributed by atoms with Gasteiger partial charge in [-0.3, -0.25) is 9.59 Å². The van der Waals surface area contributed by atoms with E-state index >= 15 is 0 Å². The summed E-state index contributed by atoms with van der Waals surface area (Å²) in [4.78, 5) is 27.2. The molecular formula is C24H29ClN2O4. The molecule has 0 aromatic heterocycles. The van der Waals surface area contributed by atoms with Crippen LogP contribution >= 0.6 is 11.6 Å². The van der Waals surface area contributed by atoms with Crippen LogP contribution in [0.3, 0.4) is 0 Å². The maximum absolute atomic E-state index is 13.0. The third-order valence-corrected chi connectivity index (χ3v) is 5.47. The number of halogens is 1. The summed E-state index contributed by atoms with van der Waals surface area (Å²) in [6.45, 7) is 5.72. The molecule has 1 saturated heterocycles. The topological polar surface area (TPSA) is 67.9 Å². The maximum atomic E-state index is 13.0. The Bertz CT molecular complexity index is 909. The number of nitrogens with one attached hydrogen (secondary N) is 1. The van der Waals surface area contributed by atoms with Crippen molar-refractivity contribution in [1.29, 1.82) is 0 Å². The molecule has 0 spiro atoms. The molecule has 7 heteroatoms. The molecule has 6 nitrogen and oxygen atoms in total. The molecule has 1 aliphatic heterocycles. The number of ether oxygens (including phenoxy) is 2. The van der Waals surface area contributed by atoms with Crippen molar-refractivity contribution in [2.24, 2.45) is 5.92 Å². The van der Waals surface area contributed by atoms with Gasteiger partial charge in [0.15, 0.2) is 11.5 Å². The van der Waals surface area contributed by atoms with E-state index in [1.807, 2.05) is 32.0 Å². The number of methoxy groups -OCH3 is 1. The Balaban J connectivity index is 1.61. The first-order chi connectivity index (χ1) is 14.9. The SMILES string of the molecule is COc1cc(C(=O)N2CCC(NC(=O)c3ccccc3)CC2)cc(Cl)c1OCC(C)C. The molecule has 0 radical (unpaired) electrons. The first-order valence-corrected chi connectivity index (χ1v) is 10.9. The zero-order valence-corrected chi connectivity index (χ0v) is 18.9. The Morgan fingerprint density at radius 3 is 2.42 bits per heavy atom. The normalized spacial score (nSPS) is 14.4. The molecule has 31 heavy (non-hydrogen) atoms. The molecule has 166 valence electrons. The van der Waals surface area contributed by atoms with Crippen molar-refractivity contribution >= 4 is 23.4 Å². The number of piperidine rings is 1. The fraction of sp³-hybridized carbons (Fsp3) is 0.417. The fourth-order valence-electron chi connectivity index (χ4n) is 3.50. The molecule has 1 fully saturated rings. The smallest absolute Gasteiger partial charge is 0.254 e. The second-order valence-corrected chi connectivity index (χ2v) is 8.51. The Morgan fingerprint density at radius 1 is 1.13 bits per heavy atom. The summed E-state index contributed by atoms with van der Waals surface area (Å²) in [6.07, 6.45) is 1.40. The van der Waals surface area contributed by atoms with Gasteiger partial charge in [-0.05, 0) is 43.0 Å². The van der Waals surface area contributed by atoms with Crippen molar-refractivity contribution in [1.82, 2.24) is 10.2 Å². The van der Waals surface area contributed by atoms with E-state index in [0.29, 0.717) is 66.1 Å². The molecule has 2 aromatic carbocycles. The van der Waals surface area contributed by atoms with E-state index in [1.54, 1.807) is 29.2 Å². The van der Waals surface area contributed by atoms with Crippen LogP contribution < -0.4 is 14.8 Å². The van der Waals surface area contributed by atoms with E-state index in [0.717, 1.165) is 0 Å². The summed E-state index contributed by atoms with van der Waals surface area (Å²) < 4.78 is 11.2. The lowest BCUT2D eigenvalue weighted by Crippen LogP contribution is -2.46. The average Bonchev–Trinajstić information content (AvgIpc) is 2.78. The van der Waals surface area contributed by atoms with Gasteiger partial charge in [0.25, 0.3) is 11.8 Å². The van der Waals surface area contributed by atoms with Gasteiger partial charge in [-0.15, -0.1) is 0 Å². The van der Waals surface area contributed by atoms with Crippen molar-refractivity contribution in [3.63, 3.8) is 0 Å². The third-order valence-electron chi connectivity index (χ3n) is 5.19. The van der Waals surface area contributed by atoms with Crippen molar-refractivity contribution in [3.8, 4) is 11.5 Å². The van der Waals surface area contributed by atoms with Gasteiger partial charge in [0.2, 0.25) is 0 Å². The summed E-state index contributed by atoms with van der Waals surface area (Å²) in [5.74, 6) is 1.05. The first-order valence-electron chi connectivity index (χ1n) is 10.5. The predicted octanol–water partition coefficient (Wildman–Crippen LogP) is 4.42.